The van der Waals surface area contributed by atoms with Gasteiger partial charge in [0.1, 0.15) is 17.0 Å². The lowest BCUT2D eigenvalue weighted by Gasteiger charge is -2.45. The lowest BCUT2D eigenvalue weighted by Crippen LogP contribution is -2.65. The van der Waals surface area contributed by atoms with Gasteiger partial charge in [-0.3, -0.25) is 14.5 Å². The van der Waals surface area contributed by atoms with Gasteiger partial charge in [-0.25, -0.2) is 0 Å². The number of carbonyl (C=O) groups excluding carboxylic acids is 2. The standard InChI is InChI=1S/C26H36N4O4/c1-26(25(32)27-20-7-3-2-4-8-20)19-29-21(23-9-5-16-34-23)10-11-22(29)24(31)30(26)13-6-12-28-14-17-33-18-15-28/h5,9-11,16,20H,2-4,6-8,12-15,17-19H2,1H3,(H,27,32)/t26-/m1/s1. The van der Waals surface area contributed by atoms with Gasteiger partial charge in [-0.1, -0.05) is 19.3 Å². The fraction of sp³-hybridized carbons (Fsp3) is 0.615. The molecule has 4 heterocycles. The molecule has 1 aliphatic carbocycles. The fourth-order valence-electron chi connectivity index (χ4n) is 5.63. The van der Waals surface area contributed by atoms with Gasteiger partial charge < -0.3 is 23.9 Å². The molecular formula is C26H36N4O4. The van der Waals surface area contributed by atoms with E-state index in [4.69, 9.17) is 9.15 Å². The Morgan fingerprint density at radius 2 is 1.85 bits per heavy atom. The van der Waals surface area contributed by atoms with Crippen LogP contribution in [-0.4, -0.2) is 77.2 Å². The van der Waals surface area contributed by atoms with Crippen molar-refractivity contribution >= 4 is 11.8 Å². The Bertz CT molecular complexity index is 989. The number of rotatable bonds is 7. The molecule has 8 heteroatoms. The summed E-state index contributed by atoms with van der Waals surface area (Å²) in [6.45, 7) is 7.13. The number of nitrogens with one attached hydrogen (secondary N) is 1. The summed E-state index contributed by atoms with van der Waals surface area (Å²) in [5.74, 6) is 0.561. The molecular weight excluding hydrogens is 432 g/mol. The van der Waals surface area contributed by atoms with E-state index in [1.165, 1.54) is 6.42 Å². The maximum Gasteiger partial charge on any atom is 0.271 e. The van der Waals surface area contributed by atoms with Crippen molar-refractivity contribution in [3.8, 4) is 11.5 Å². The predicted octanol–water partition coefficient (Wildman–Crippen LogP) is 3.13. The maximum atomic E-state index is 13.8. The molecule has 2 aliphatic heterocycles. The van der Waals surface area contributed by atoms with Crippen LogP contribution in [0.1, 0.15) is 55.9 Å². The molecule has 0 spiro atoms. The minimum absolute atomic E-state index is 0.0520. The van der Waals surface area contributed by atoms with Crippen LogP contribution in [0.4, 0.5) is 0 Å². The van der Waals surface area contributed by atoms with Gasteiger partial charge in [-0.15, -0.1) is 0 Å². The van der Waals surface area contributed by atoms with E-state index in [9.17, 15) is 9.59 Å². The molecule has 0 aromatic carbocycles. The first-order valence-corrected chi connectivity index (χ1v) is 12.7. The number of carbonyl (C=O) groups is 2. The van der Waals surface area contributed by atoms with Gasteiger partial charge in [0, 0.05) is 32.2 Å². The first-order valence-electron chi connectivity index (χ1n) is 12.7. The Balaban J connectivity index is 1.39. The SMILES string of the molecule is C[C@]1(C(=O)NC2CCCCC2)Cn2c(ccc2-c2ccco2)C(=O)N1CCCN1CCOCC1. The molecule has 34 heavy (non-hydrogen) atoms. The summed E-state index contributed by atoms with van der Waals surface area (Å²) in [5, 5.41) is 3.30. The molecule has 5 rings (SSSR count). The highest BCUT2D eigenvalue weighted by Crippen LogP contribution is 2.34. The van der Waals surface area contributed by atoms with Gasteiger partial charge in [0.05, 0.1) is 31.7 Å². The second kappa shape index (κ2) is 9.96. The Hall–Kier alpha value is -2.58. The third kappa shape index (κ3) is 4.53. The number of hydrogen-bond acceptors (Lipinski definition) is 5. The highest BCUT2D eigenvalue weighted by atomic mass is 16.5. The van der Waals surface area contributed by atoms with Crippen molar-refractivity contribution in [3.63, 3.8) is 0 Å². The van der Waals surface area contributed by atoms with Crippen LogP contribution in [0.3, 0.4) is 0 Å². The lowest BCUT2D eigenvalue weighted by molar-refractivity contribution is -0.133. The monoisotopic (exact) mass is 468 g/mol. The molecule has 2 aromatic rings. The zero-order chi connectivity index (χ0) is 23.5. The number of fused-ring (bicyclic) bond motifs is 1. The summed E-state index contributed by atoms with van der Waals surface area (Å²) >= 11 is 0. The largest absolute Gasteiger partial charge is 0.463 e. The highest BCUT2D eigenvalue weighted by Gasteiger charge is 2.48. The van der Waals surface area contributed by atoms with Crippen LogP contribution in [0, 0.1) is 0 Å². The minimum Gasteiger partial charge on any atom is -0.463 e. The molecule has 1 saturated carbocycles. The highest BCUT2D eigenvalue weighted by molar-refractivity contribution is 6.00. The normalized spacial score (nSPS) is 24.3. The number of aromatic nitrogens is 1. The number of morpholine rings is 1. The number of furan rings is 1. The molecule has 0 unspecified atom stereocenters. The average Bonchev–Trinajstić information content (AvgIpc) is 3.52. The van der Waals surface area contributed by atoms with E-state index in [2.05, 4.69) is 10.2 Å². The van der Waals surface area contributed by atoms with Gasteiger partial charge in [0.15, 0.2) is 0 Å². The quantitative estimate of drug-likeness (QED) is 0.675. The van der Waals surface area contributed by atoms with Gasteiger partial charge in [-0.05, 0) is 50.5 Å². The van der Waals surface area contributed by atoms with E-state index in [1.807, 2.05) is 40.7 Å². The molecule has 1 saturated heterocycles. The summed E-state index contributed by atoms with van der Waals surface area (Å²) in [4.78, 5) is 31.7. The zero-order valence-electron chi connectivity index (χ0n) is 20.1. The molecule has 184 valence electrons. The van der Waals surface area contributed by atoms with Crippen molar-refractivity contribution in [2.45, 2.75) is 63.6 Å². The van der Waals surface area contributed by atoms with Crippen molar-refractivity contribution in [2.75, 3.05) is 39.4 Å². The van der Waals surface area contributed by atoms with Crippen LogP contribution in [0.5, 0.6) is 0 Å². The number of hydrogen-bond donors (Lipinski definition) is 1. The molecule has 3 aliphatic rings. The molecule has 2 amide bonds. The van der Waals surface area contributed by atoms with Crippen molar-refractivity contribution in [3.05, 3.63) is 36.2 Å². The van der Waals surface area contributed by atoms with Gasteiger partial charge >= 0.3 is 0 Å². The van der Waals surface area contributed by atoms with E-state index >= 15 is 0 Å². The summed E-state index contributed by atoms with van der Waals surface area (Å²) in [6, 6.07) is 7.70. The lowest BCUT2D eigenvalue weighted by atomic mass is 9.91. The summed E-state index contributed by atoms with van der Waals surface area (Å²) < 4.78 is 13.0. The van der Waals surface area contributed by atoms with E-state index in [-0.39, 0.29) is 17.9 Å². The third-order valence-electron chi connectivity index (χ3n) is 7.67. The van der Waals surface area contributed by atoms with Crippen molar-refractivity contribution in [1.82, 2.24) is 19.7 Å². The van der Waals surface area contributed by atoms with Crippen LogP contribution in [0.15, 0.2) is 34.9 Å². The van der Waals surface area contributed by atoms with Crippen LogP contribution in [0.2, 0.25) is 0 Å². The molecule has 2 fully saturated rings. The Morgan fingerprint density at radius 1 is 1.09 bits per heavy atom. The Kier molecular flexibility index (Phi) is 6.79. The molecule has 2 aromatic heterocycles. The predicted molar refractivity (Wildman–Crippen MR) is 128 cm³/mol. The van der Waals surface area contributed by atoms with Gasteiger partial charge in [0.2, 0.25) is 5.91 Å². The summed E-state index contributed by atoms with van der Waals surface area (Å²) in [7, 11) is 0. The second-order valence-corrected chi connectivity index (χ2v) is 10.0. The third-order valence-corrected chi connectivity index (χ3v) is 7.67. The molecule has 0 bridgehead atoms. The number of nitrogens with zero attached hydrogens (tertiary/aromatic N) is 3. The first-order chi connectivity index (χ1) is 16.6. The minimum atomic E-state index is -0.965. The topological polar surface area (TPSA) is 80.0 Å². The summed E-state index contributed by atoms with van der Waals surface area (Å²) in [5.41, 5.74) is 0.478. The van der Waals surface area contributed by atoms with Crippen molar-refractivity contribution < 1.29 is 18.7 Å². The van der Waals surface area contributed by atoms with Crippen LogP contribution in [-0.2, 0) is 16.1 Å². The van der Waals surface area contributed by atoms with Crippen LogP contribution >= 0.6 is 0 Å². The van der Waals surface area contributed by atoms with Crippen LogP contribution < -0.4 is 5.32 Å². The van der Waals surface area contributed by atoms with Gasteiger partial charge in [-0.2, -0.15) is 0 Å². The first kappa shape index (κ1) is 23.2. The number of ether oxygens (including phenoxy) is 1. The van der Waals surface area contributed by atoms with E-state index < -0.39 is 5.54 Å². The Morgan fingerprint density at radius 3 is 2.59 bits per heavy atom. The van der Waals surface area contributed by atoms with Crippen molar-refractivity contribution in [1.29, 1.82) is 0 Å². The molecule has 1 N–H and O–H groups in total. The van der Waals surface area contributed by atoms with Crippen molar-refractivity contribution in [2.24, 2.45) is 0 Å². The number of amides is 2. The van der Waals surface area contributed by atoms with E-state index in [0.29, 0.717) is 24.5 Å². The molecule has 8 nitrogen and oxygen atoms in total. The summed E-state index contributed by atoms with van der Waals surface area (Å²) in [6.07, 6.45) is 8.01. The van der Waals surface area contributed by atoms with E-state index in [0.717, 1.165) is 70.6 Å². The Labute approximate surface area is 201 Å². The molecule has 1 atom stereocenters. The fourth-order valence-corrected chi connectivity index (χ4v) is 5.63. The van der Waals surface area contributed by atoms with Crippen LogP contribution in [0.25, 0.3) is 11.5 Å². The van der Waals surface area contributed by atoms with Gasteiger partial charge in [0.25, 0.3) is 5.91 Å². The zero-order valence-corrected chi connectivity index (χ0v) is 20.1. The van der Waals surface area contributed by atoms with E-state index in [1.54, 1.807) is 6.26 Å². The second-order valence-electron chi connectivity index (χ2n) is 10.0. The maximum absolute atomic E-state index is 13.8. The molecule has 0 radical (unpaired) electrons. The average molecular weight is 469 g/mol. The smallest absolute Gasteiger partial charge is 0.271 e.